The Balaban J connectivity index is 2.32. The highest BCUT2D eigenvalue weighted by molar-refractivity contribution is 9.10. The van der Waals surface area contributed by atoms with E-state index in [9.17, 15) is 0 Å². The van der Waals surface area contributed by atoms with Crippen LogP contribution in [-0.4, -0.2) is 41.9 Å². The molecule has 92 valence electrons. The molecule has 7 heteroatoms. The van der Waals surface area contributed by atoms with E-state index in [1.165, 1.54) is 0 Å². The maximum atomic E-state index is 6.01. The average molecular weight is 293 g/mol. The van der Waals surface area contributed by atoms with Crippen LogP contribution in [0.1, 0.15) is 18.2 Å². The number of ether oxygens (including phenoxy) is 2. The zero-order valence-corrected chi connectivity index (χ0v) is 11.1. The van der Waals surface area contributed by atoms with E-state index in [4.69, 9.17) is 15.2 Å². The molecule has 0 spiro atoms. The summed E-state index contributed by atoms with van der Waals surface area (Å²) >= 11 is 3.32. The quantitative estimate of drug-likeness (QED) is 0.746. The topological polar surface area (TPSA) is 75.2 Å². The molecule has 0 bridgehead atoms. The van der Waals surface area contributed by atoms with Crippen LogP contribution in [0.4, 0.5) is 0 Å². The van der Waals surface area contributed by atoms with E-state index in [2.05, 4.69) is 26.2 Å². The van der Waals surface area contributed by atoms with Crippen LogP contribution in [-0.2, 0) is 16.5 Å². The summed E-state index contributed by atoms with van der Waals surface area (Å²) in [7, 11) is 3.46. The minimum Gasteiger partial charge on any atom is -0.382 e. The van der Waals surface area contributed by atoms with E-state index < -0.39 is 0 Å². The third-order valence-electron chi connectivity index (χ3n) is 2.18. The number of halogens is 1. The third-order valence-corrected chi connectivity index (χ3v) is 2.75. The SMILES string of the molecule is COCCOCCC(N)c1c(Br)nnn1C. The lowest BCUT2D eigenvalue weighted by molar-refractivity contribution is 0.0669. The molecular formula is C9H17BrN4O2. The summed E-state index contributed by atoms with van der Waals surface area (Å²) in [6.45, 7) is 1.79. The zero-order chi connectivity index (χ0) is 12.0. The molecular weight excluding hydrogens is 276 g/mol. The molecule has 0 fully saturated rings. The molecule has 1 rings (SSSR count). The van der Waals surface area contributed by atoms with Crippen LogP contribution in [0.15, 0.2) is 4.60 Å². The summed E-state index contributed by atoms with van der Waals surface area (Å²) in [6.07, 6.45) is 0.726. The van der Waals surface area contributed by atoms with Crippen LogP contribution in [0, 0.1) is 0 Å². The predicted molar refractivity (Wildman–Crippen MR) is 62.9 cm³/mol. The molecule has 1 atom stereocenters. The molecule has 0 radical (unpaired) electrons. The van der Waals surface area contributed by atoms with Gasteiger partial charge >= 0.3 is 0 Å². The van der Waals surface area contributed by atoms with E-state index in [0.29, 0.717) is 24.4 Å². The number of aromatic nitrogens is 3. The lowest BCUT2D eigenvalue weighted by Gasteiger charge is -2.11. The van der Waals surface area contributed by atoms with Crippen molar-refractivity contribution < 1.29 is 9.47 Å². The molecule has 0 saturated heterocycles. The fourth-order valence-electron chi connectivity index (χ4n) is 1.32. The van der Waals surface area contributed by atoms with Crippen molar-refractivity contribution in [1.82, 2.24) is 15.0 Å². The Labute approximate surface area is 103 Å². The van der Waals surface area contributed by atoms with Gasteiger partial charge in [0.1, 0.15) is 0 Å². The summed E-state index contributed by atoms with van der Waals surface area (Å²) in [5.41, 5.74) is 6.90. The van der Waals surface area contributed by atoms with Gasteiger partial charge in [-0.05, 0) is 22.4 Å². The predicted octanol–water partition coefficient (Wildman–Crippen LogP) is 0.630. The Hall–Kier alpha value is -0.500. The molecule has 1 aromatic heterocycles. The zero-order valence-electron chi connectivity index (χ0n) is 9.52. The molecule has 0 aliphatic heterocycles. The normalized spacial score (nSPS) is 13.0. The maximum Gasteiger partial charge on any atom is 0.153 e. The second-order valence-corrected chi connectivity index (χ2v) is 4.14. The second-order valence-electron chi connectivity index (χ2n) is 3.39. The van der Waals surface area contributed by atoms with Gasteiger partial charge in [0.05, 0.1) is 24.9 Å². The molecule has 0 aliphatic rings. The first-order chi connectivity index (χ1) is 7.66. The summed E-state index contributed by atoms with van der Waals surface area (Å²) in [5.74, 6) is 0. The first-order valence-corrected chi connectivity index (χ1v) is 5.83. The Bertz CT molecular complexity index is 299. The molecule has 2 N–H and O–H groups in total. The highest BCUT2D eigenvalue weighted by atomic mass is 79.9. The van der Waals surface area contributed by atoms with Crippen LogP contribution in [0.25, 0.3) is 0 Å². The largest absolute Gasteiger partial charge is 0.382 e. The van der Waals surface area contributed by atoms with Crippen molar-refractivity contribution in [2.75, 3.05) is 26.9 Å². The van der Waals surface area contributed by atoms with Crippen molar-refractivity contribution in [3.63, 3.8) is 0 Å². The van der Waals surface area contributed by atoms with Crippen molar-refractivity contribution >= 4 is 15.9 Å². The molecule has 1 aromatic rings. The summed E-state index contributed by atoms with van der Waals surface area (Å²) in [4.78, 5) is 0. The van der Waals surface area contributed by atoms with Crippen molar-refractivity contribution in [2.24, 2.45) is 12.8 Å². The summed E-state index contributed by atoms with van der Waals surface area (Å²) in [5, 5.41) is 7.76. The first kappa shape index (κ1) is 13.6. The van der Waals surface area contributed by atoms with Gasteiger partial charge in [-0.15, -0.1) is 5.10 Å². The van der Waals surface area contributed by atoms with Crippen molar-refractivity contribution in [3.8, 4) is 0 Å². The molecule has 0 aromatic carbocycles. The van der Waals surface area contributed by atoms with Crippen molar-refractivity contribution in [2.45, 2.75) is 12.5 Å². The monoisotopic (exact) mass is 292 g/mol. The van der Waals surface area contributed by atoms with Gasteiger partial charge in [0.25, 0.3) is 0 Å². The molecule has 1 unspecified atom stereocenters. The maximum absolute atomic E-state index is 6.01. The molecule has 0 amide bonds. The Morgan fingerprint density at radius 1 is 1.44 bits per heavy atom. The van der Waals surface area contributed by atoms with Crippen molar-refractivity contribution in [1.29, 1.82) is 0 Å². The van der Waals surface area contributed by atoms with Crippen LogP contribution >= 0.6 is 15.9 Å². The van der Waals surface area contributed by atoms with E-state index >= 15 is 0 Å². The van der Waals surface area contributed by atoms with Gasteiger partial charge < -0.3 is 15.2 Å². The average Bonchev–Trinajstić information content (AvgIpc) is 2.58. The van der Waals surface area contributed by atoms with Gasteiger partial charge in [0.15, 0.2) is 4.60 Å². The number of nitrogens with two attached hydrogens (primary N) is 1. The fourth-order valence-corrected chi connectivity index (χ4v) is 1.95. The lowest BCUT2D eigenvalue weighted by atomic mass is 10.2. The number of methoxy groups -OCH3 is 1. The second kappa shape index (κ2) is 6.95. The first-order valence-electron chi connectivity index (χ1n) is 5.04. The molecule has 0 aliphatic carbocycles. The Kier molecular flexibility index (Phi) is 5.89. The number of nitrogens with zero attached hydrogens (tertiary/aromatic N) is 3. The smallest absolute Gasteiger partial charge is 0.153 e. The van der Waals surface area contributed by atoms with Crippen LogP contribution < -0.4 is 5.73 Å². The van der Waals surface area contributed by atoms with E-state index in [1.807, 2.05) is 7.05 Å². The summed E-state index contributed by atoms with van der Waals surface area (Å²) in [6, 6.07) is -0.128. The molecule has 0 saturated carbocycles. The van der Waals surface area contributed by atoms with E-state index in [1.54, 1.807) is 11.8 Å². The number of rotatable bonds is 7. The minimum atomic E-state index is -0.128. The standard InChI is InChI=1S/C9H17BrN4O2/c1-14-8(9(10)12-13-14)7(11)3-4-16-6-5-15-2/h7H,3-6,11H2,1-2H3. The van der Waals surface area contributed by atoms with E-state index in [0.717, 1.165) is 12.1 Å². The van der Waals surface area contributed by atoms with Gasteiger partial charge in [-0.1, -0.05) is 5.21 Å². The van der Waals surface area contributed by atoms with E-state index in [-0.39, 0.29) is 6.04 Å². The fraction of sp³-hybridized carbons (Fsp3) is 0.778. The van der Waals surface area contributed by atoms with Crippen LogP contribution in [0.3, 0.4) is 0 Å². The summed E-state index contributed by atoms with van der Waals surface area (Å²) < 4.78 is 12.6. The van der Waals surface area contributed by atoms with Gasteiger partial charge in [0, 0.05) is 20.8 Å². The molecule has 16 heavy (non-hydrogen) atoms. The highest BCUT2D eigenvalue weighted by Gasteiger charge is 2.15. The van der Waals surface area contributed by atoms with Gasteiger partial charge in [-0.25, -0.2) is 4.68 Å². The van der Waals surface area contributed by atoms with Gasteiger partial charge in [-0.2, -0.15) is 0 Å². The molecule has 6 nitrogen and oxygen atoms in total. The van der Waals surface area contributed by atoms with Crippen molar-refractivity contribution in [3.05, 3.63) is 10.3 Å². The lowest BCUT2D eigenvalue weighted by Crippen LogP contribution is -2.17. The van der Waals surface area contributed by atoms with Crippen LogP contribution in [0.2, 0.25) is 0 Å². The molecule has 1 heterocycles. The third kappa shape index (κ3) is 3.82. The van der Waals surface area contributed by atoms with Crippen LogP contribution in [0.5, 0.6) is 0 Å². The Morgan fingerprint density at radius 3 is 2.75 bits per heavy atom. The van der Waals surface area contributed by atoms with Gasteiger partial charge in [-0.3, -0.25) is 0 Å². The minimum absolute atomic E-state index is 0.128. The van der Waals surface area contributed by atoms with Gasteiger partial charge in [0.2, 0.25) is 0 Å². The Morgan fingerprint density at radius 2 is 2.19 bits per heavy atom. The number of aryl methyl sites for hydroxylation is 1. The highest BCUT2D eigenvalue weighted by Crippen LogP contribution is 2.20. The number of hydrogen-bond donors (Lipinski definition) is 1. The number of hydrogen-bond acceptors (Lipinski definition) is 5.